The summed E-state index contributed by atoms with van der Waals surface area (Å²) >= 11 is 0. The SMILES string of the molecule is C=C[C@]1(C)C[C@H]([C@@]2(C)C3=C(CCC3=O)CC[C@H]2C)OC1=O. The van der Waals surface area contributed by atoms with Crippen LogP contribution in [0.4, 0.5) is 0 Å². The Labute approximate surface area is 126 Å². The first-order chi connectivity index (χ1) is 9.83. The summed E-state index contributed by atoms with van der Waals surface area (Å²) in [6.45, 7) is 9.98. The predicted octanol–water partition coefficient (Wildman–Crippen LogP) is 3.59. The van der Waals surface area contributed by atoms with E-state index in [1.165, 1.54) is 5.57 Å². The summed E-state index contributed by atoms with van der Waals surface area (Å²) in [7, 11) is 0. The van der Waals surface area contributed by atoms with Crippen LogP contribution in [-0.2, 0) is 14.3 Å². The van der Waals surface area contributed by atoms with E-state index in [0.29, 0.717) is 18.8 Å². The molecule has 0 saturated carbocycles. The molecule has 3 nitrogen and oxygen atoms in total. The van der Waals surface area contributed by atoms with Gasteiger partial charge in [-0.1, -0.05) is 25.5 Å². The van der Waals surface area contributed by atoms with Crippen molar-refractivity contribution in [3.63, 3.8) is 0 Å². The Balaban J connectivity index is 2.03. The molecule has 0 aromatic rings. The summed E-state index contributed by atoms with van der Waals surface area (Å²) in [6.07, 6.45) is 5.73. The van der Waals surface area contributed by atoms with Gasteiger partial charge in [-0.15, -0.1) is 6.58 Å². The zero-order valence-electron chi connectivity index (χ0n) is 13.2. The lowest BCUT2D eigenvalue weighted by molar-refractivity contribution is -0.151. The molecule has 2 aliphatic carbocycles. The molecule has 0 spiro atoms. The number of cyclic esters (lactones) is 1. The van der Waals surface area contributed by atoms with Crippen LogP contribution in [0.25, 0.3) is 0 Å². The average molecular weight is 288 g/mol. The van der Waals surface area contributed by atoms with E-state index in [1.54, 1.807) is 6.08 Å². The van der Waals surface area contributed by atoms with E-state index in [-0.39, 0.29) is 23.3 Å². The van der Waals surface area contributed by atoms with Crippen LogP contribution >= 0.6 is 0 Å². The number of carbonyl (C=O) groups is 2. The van der Waals surface area contributed by atoms with Crippen molar-refractivity contribution in [3.05, 3.63) is 23.8 Å². The molecular formula is C18H24O3. The van der Waals surface area contributed by atoms with Gasteiger partial charge in [0.1, 0.15) is 6.10 Å². The van der Waals surface area contributed by atoms with Crippen molar-refractivity contribution in [1.29, 1.82) is 0 Å². The molecule has 0 amide bonds. The van der Waals surface area contributed by atoms with E-state index < -0.39 is 5.41 Å². The third-order valence-corrected chi connectivity index (χ3v) is 6.17. The van der Waals surface area contributed by atoms with Crippen LogP contribution in [0.3, 0.4) is 0 Å². The van der Waals surface area contributed by atoms with Gasteiger partial charge in [-0.2, -0.15) is 0 Å². The van der Waals surface area contributed by atoms with Crippen LogP contribution in [-0.4, -0.2) is 17.9 Å². The lowest BCUT2D eigenvalue weighted by atomic mass is 9.60. The van der Waals surface area contributed by atoms with Crippen LogP contribution in [0.1, 0.15) is 52.9 Å². The molecule has 0 unspecified atom stereocenters. The number of hydrogen-bond donors (Lipinski definition) is 0. The van der Waals surface area contributed by atoms with Gasteiger partial charge < -0.3 is 4.74 Å². The fourth-order valence-corrected chi connectivity index (χ4v) is 4.33. The molecule has 21 heavy (non-hydrogen) atoms. The van der Waals surface area contributed by atoms with Gasteiger partial charge in [0.05, 0.1) is 5.41 Å². The first kappa shape index (κ1) is 14.6. The van der Waals surface area contributed by atoms with E-state index in [9.17, 15) is 9.59 Å². The van der Waals surface area contributed by atoms with Gasteiger partial charge in [-0.25, -0.2) is 0 Å². The van der Waals surface area contributed by atoms with Gasteiger partial charge >= 0.3 is 5.97 Å². The average Bonchev–Trinajstić information content (AvgIpc) is 2.97. The maximum Gasteiger partial charge on any atom is 0.316 e. The van der Waals surface area contributed by atoms with Crippen LogP contribution in [0.15, 0.2) is 23.8 Å². The number of carbonyl (C=O) groups excluding carboxylic acids is 2. The molecule has 1 heterocycles. The molecule has 1 aliphatic heterocycles. The third kappa shape index (κ3) is 1.86. The summed E-state index contributed by atoms with van der Waals surface area (Å²) in [5, 5.41) is 0. The Morgan fingerprint density at radius 1 is 1.24 bits per heavy atom. The molecule has 4 atom stereocenters. The smallest absolute Gasteiger partial charge is 0.316 e. The minimum Gasteiger partial charge on any atom is -0.461 e. The molecule has 1 fully saturated rings. The Hall–Kier alpha value is -1.38. The van der Waals surface area contributed by atoms with Crippen molar-refractivity contribution in [1.82, 2.24) is 0 Å². The van der Waals surface area contributed by atoms with Gasteiger partial charge in [-0.05, 0) is 32.1 Å². The maximum absolute atomic E-state index is 12.4. The minimum atomic E-state index is -0.618. The molecule has 0 N–H and O–H groups in total. The van der Waals surface area contributed by atoms with Crippen molar-refractivity contribution in [2.24, 2.45) is 16.7 Å². The summed E-state index contributed by atoms with van der Waals surface area (Å²) in [5.74, 6) is 0.416. The number of rotatable bonds is 2. The highest BCUT2D eigenvalue weighted by molar-refractivity contribution is 6.00. The van der Waals surface area contributed by atoms with Crippen molar-refractivity contribution in [2.75, 3.05) is 0 Å². The van der Waals surface area contributed by atoms with Crippen LogP contribution in [0.2, 0.25) is 0 Å². The van der Waals surface area contributed by atoms with Crippen LogP contribution < -0.4 is 0 Å². The van der Waals surface area contributed by atoms with Gasteiger partial charge in [-0.3, -0.25) is 9.59 Å². The third-order valence-electron chi connectivity index (χ3n) is 6.17. The zero-order valence-corrected chi connectivity index (χ0v) is 13.2. The second kappa shape index (κ2) is 4.56. The topological polar surface area (TPSA) is 43.4 Å². The fraction of sp³-hybridized carbons (Fsp3) is 0.667. The first-order valence-corrected chi connectivity index (χ1v) is 7.93. The quantitative estimate of drug-likeness (QED) is 0.576. The highest BCUT2D eigenvalue weighted by Gasteiger charge is 2.56. The molecule has 0 bridgehead atoms. The van der Waals surface area contributed by atoms with E-state index in [4.69, 9.17) is 4.74 Å². The Morgan fingerprint density at radius 3 is 2.57 bits per heavy atom. The molecule has 114 valence electrons. The second-order valence-corrected chi connectivity index (χ2v) is 7.34. The van der Waals surface area contributed by atoms with E-state index in [0.717, 1.165) is 24.8 Å². The number of allylic oxidation sites excluding steroid dienone is 1. The predicted molar refractivity (Wildman–Crippen MR) is 80.6 cm³/mol. The summed E-state index contributed by atoms with van der Waals surface area (Å²) in [5.41, 5.74) is 1.33. The van der Waals surface area contributed by atoms with Crippen molar-refractivity contribution < 1.29 is 14.3 Å². The van der Waals surface area contributed by atoms with Gasteiger partial charge in [0.15, 0.2) is 5.78 Å². The van der Waals surface area contributed by atoms with Crippen molar-refractivity contribution >= 4 is 11.8 Å². The normalized spacial score (nSPS) is 43.0. The lowest BCUT2D eigenvalue weighted by Gasteiger charge is -2.44. The number of hydrogen-bond acceptors (Lipinski definition) is 3. The Kier molecular flexibility index (Phi) is 3.16. The van der Waals surface area contributed by atoms with Crippen molar-refractivity contribution in [3.8, 4) is 0 Å². The van der Waals surface area contributed by atoms with E-state index in [2.05, 4.69) is 20.4 Å². The van der Waals surface area contributed by atoms with Gasteiger partial charge in [0.25, 0.3) is 0 Å². The summed E-state index contributed by atoms with van der Waals surface area (Å²) in [4.78, 5) is 24.6. The molecule has 1 saturated heterocycles. The van der Waals surface area contributed by atoms with Gasteiger partial charge in [0, 0.05) is 23.8 Å². The van der Waals surface area contributed by atoms with Gasteiger partial charge in [0.2, 0.25) is 0 Å². The number of esters is 1. The molecule has 0 radical (unpaired) electrons. The highest BCUT2D eigenvalue weighted by Crippen LogP contribution is 2.56. The summed E-state index contributed by atoms with van der Waals surface area (Å²) in [6, 6.07) is 0. The molecule has 0 aromatic heterocycles. The Bertz CT molecular complexity index is 559. The molecule has 0 aromatic carbocycles. The Morgan fingerprint density at radius 2 is 1.95 bits per heavy atom. The minimum absolute atomic E-state index is 0.200. The monoisotopic (exact) mass is 288 g/mol. The fourth-order valence-electron chi connectivity index (χ4n) is 4.33. The molecule has 3 rings (SSSR count). The number of Topliss-reactive ketones (excluding diaryl/α,β-unsaturated/α-hetero) is 1. The molecular weight excluding hydrogens is 264 g/mol. The van der Waals surface area contributed by atoms with E-state index in [1.807, 2.05) is 6.92 Å². The van der Waals surface area contributed by atoms with Crippen LogP contribution in [0, 0.1) is 16.7 Å². The maximum atomic E-state index is 12.4. The highest BCUT2D eigenvalue weighted by atomic mass is 16.6. The standard InChI is InChI=1S/C18H24O3/c1-5-17(3)10-14(21-16(17)20)18(4)11(2)6-7-12-8-9-13(19)15(12)18/h5,11,14H,1,6-10H2,2-4H3/t11-,14-,17-,18+/m1/s1. The second-order valence-electron chi connectivity index (χ2n) is 7.34. The largest absolute Gasteiger partial charge is 0.461 e. The lowest BCUT2D eigenvalue weighted by Crippen LogP contribution is -2.43. The summed E-state index contributed by atoms with van der Waals surface area (Å²) < 4.78 is 5.74. The first-order valence-electron chi connectivity index (χ1n) is 7.93. The van der Waals surface area contributed by atoms with E-state index >= 15 is 0 Å². The number of ketones is 1. The van der Waals surface area contributed by atoms with Crippen molar-refractivity contribution in [2.45, 2.75) is 59.0 Å². The molecule has 3 heteroatoms. The van der Waals surface area contributed by atoms with Crippen LogP contribution in [0.5, 0.6) is 0 Å². The molecule has 3 aliphatic rings. The number of ether oxygens (including phenoxy) is 1. The zero-order chi connectivity index (χ0) is 15.4.